The van der Waals surface area contributed by atoms with Crippen molar-refractivity contribution in [3.05, 3.63) is 35.4 Å². The number of carbonyl (C=O) groups excluding carboxylic acids is 1. The van der Waals surface area contributed by atoms with Crippen LogP contribution in [0.25, 0.3) is 0 Å². The lowest BCUT2D eigenvalue weighted by molar-refractivity contribution is -0.121. The molecule has 0 fully saturated rings. The number of benzene rings is 1. The highest BCUT2D eigenvalue weighted by Crippen LogP contribution is 2.29. The normalized spacial score (nSPS) is 18.5. The van der Waals surface area contributed by atoms with Gasteiger partial charge in [-0.2, -0.15) is 0 Å². The quantitative estimate of drug-likeness (QED) is 0.831. The summed E-state index contributed by atoms with van der Waals surface area (Å²) < 4.78 is 0. The Morgan fingerprint density at radius 3 is 3.06 bits per heavy atom. The van der Waals surface area contributed by atoms with E-state index >= 15 is 0 Å². The lowest BCUT2D eigenvalue weighted by atomic mass is 9.88. The van der Waals surface area contributed by atoms with E-state index in [1.54, 1.807) is 0 Å². The van der Waals surface area contributed by atoms with Crippen molar-refractivity contribution < 1.29 is 4.79 Å². The van der Waals surface area contributed by atoms with Crippen LogP contribution in [0.1, 0.15) is 36.4 Å². The van der Waals surface area contributed by atoms with Gasteiger partial charge in [0.15, 0.2) is 0 Å². The van der Waals surface area contributed by atoms with Gasteiger partial charge in [-0.25, -0.2) is 0 Å². The first-order chi connectivity index (χ1) is 8.31. The molecular formula is C14H20N2O. The number of rotatable bonds is 4. The average molecular weight is 232 g/mol. The van der Waals surface area contributed by atoms with Gasteiger partial charge in [0.05, 0.1) is 6.04 Å². The van der Waals surface area contributed by atoms with Crippen LogP contribution >= 0.6 is 0 Å². The Hall–Kier alpha value is -1.35. The van der Waals surface area contributed by atoms with Gasteiger partial charge in [0, 0.05) is 13.0 Å². The first kappa shape index (κ1) is 12.1. The van der Waals surface area contributed by atoms with Crippen molar-refractivity contribution >= 4 is 5.91 Å². The van der Waals surface area contributed by atoms with Crippen molar-refractivity contribution in [3.8, 4) is 0 Å². The minimum absolute atomic E-state index is 0.140. The molecule has 0 aliphatic heterocycles. The predicted molar refractivity (Wildman–Crippen MR) is 68.8 cm³/mol. The summed E-state index contributed by atoms with van der Waals surface area (Å²) in [5, 5.41) is 6.13. The zero-order valence-corrected chi connectivity index (χ0v) is 10.3. The molecule has 1 amide bonds. The maximum Gasteiger partial charge on any atom is 0.221 e. The molecule has 1 atom stereocenters. The van der Waals surface area contributed by atoms with E-state index < -0.39 is 0 Å². The number of fused-ring (bicyclic) bond motifs is 1. The predicted octanol–water partition coefficient (Wildman–Crippen LogP) is 1.79. The molecule has 1 aliphatic rings. The Balaban J connectivity index is 2.01. The van der Waals surface area contributed by atoms with Gasteiger partial charge >= 0.3 is 0 Å². The van der Waals surface area contributed by atoms with Crippen LogP contribution in [0.2, 0.25) is 0 Å². The van der Waals surface area contributed by atoms with E-state index in [1.807, 2.05) is 7.05 Å². The second kappa shape index (κ2) is 5.82. The van der Waals surface area contributed by atoms with Gasteiger partial charge in [-0.05, 0) is 37.4 Å². The molecule has 2 N–H and O–H groups in total. The summed E-state index contributed by atoms with van der Waals surface area (Å²) >= 11 is 0. The van der Waals surface area contributed by atoms with Crippen LogP contribution in [0.3, 0.4) is 0 Å². The van der Waals surface area contributed by atoms with Gasteiger partial charge in [-0.3, -0.25) is 4.79 Å². The molecule has 0 aromatic heterocycles. The molecule has 0 saturated carbocycles. The summed E-state index contributed by atoms with van der Waals surface area (Å²) in [6, 6.07) is 8.64. The van der Waals surface area contributed by atoms with Crippen LogP contribution in [0.15, 0.2) is 24.3 Å². The van der Waals surface area contributed by atoms with Gasteiger partial charge in [-0.1, -0.05) is 24.3 Å². The maximum absolute atomic E-state index is 11.7. The van der Waals surface area contributed by atoms with Crippen molar-refractivity contribution in [2.24, 2.45) is 0 Å². The van der Waals surface area contributed by atoms with Crippen LogP contribution in [0.5, 0.6) is 0 Å². The molecule has 3 heteroatoms. The van der Waals surface area contributed by atoms with E-state index in [9.17, 15) is 4.79 Å². The van der Waals surface area contributed by atoms with Crippen LogP contribution in [-0.2, 0) is 11.2 Å². The van der Waals surface area contributed by atoms with Gasteiger partial charge in [-0.15, -0.1) is 0 Å². The van der Waals surface area contributed by atoms with Crippen molar-refractivity contribution in [2.75, 3.05) is 13.6 Å². The molecule has 17 heavy (non-hydrogen) atoms. The number of carbonyl (C=O) groups is 1. The molecule has 1 aromatic rings. The van der Waals surface area contributed by atoms with E-state index in [1.165, 1.54) is 11.1 Å². The smallest absolute Gasteiger partial charge is 0.221 e. The zero-order valence-electron chi connectivity index (χ0n) is 10.3. The van der Waals surface area contributed by atoms with E-state index in [0.717, 1.165) is 25.8 Å². The average Bonchev–Trinajstić information content (AvgIpc) is 2.37. The lowest BCUT2D eigenvalue weighted by Crippen LogP contribution is -2.32. The summed E-state index contributed by atoms with van der Waals surface area (Å²) in [4.78, 5) is 11.7. The molecule has 0 saturated heterocycles. The highest BCUT2D eigenvalue weighted by molar-refractivity contribution is 5.76. The molecule has 92 valence electrons. The van der Waals surface area contributed by atoms with Gasteiger partial charge in [0.1, 0.15) is 0 Å². The number of nitrogens with one attached hydrogen (secondary N) is 2. The van der Waals surface area contributed by atoms with Crippen LogP contribution < -0.4 is 10.6 Å². The first-order valence-electron chi connectivity index (χ1n) is 6.33. The third kappa shape index (κ3) is 3.07. The summed E-state index contributed by atoms with van der Waals surface area (Å²) in [6.45, 7) is 0.736. The second-order valence-corrected chi connectivity index (χ2v) is 4.56. The van der Waals surface area contributed by atoms with Crippen LogP contribution in [0.4, 0.5) is 0 Å². The number of hydrogen-bond donors (Lipinski definition) is 2. The summed E-state index contributed by atoms with van der Waals surface area (Å²) in [6.07, 6.45) is 3.91. The third-order valence-corrected chi connectivity index (χ3v) is 3.31. The number of hydrogen-bond acceptors (Lipinski definition) is 2. The molecular weight excluding hydrogens is 212 g/mol. The Bertz CT molecular complexity index is 390. The highest BCUT2D eigenvalue weighted by atomic mass is 16.1. The van der Waals surface area contributed by atoms with Crippen molar-refractivity contribution in [2.45, 2.75) is 31.7 Å². The Morgan fingerprint density at radius 1 is 1.41 bits per heavy atom. The standard InChI is InChI=1S/C14H20N2O/c1-15-10-9-14(17)16-13-8-4-6-11-5-2-3-7-12(11)13/h2-3,5,7,13,15H,4,6,8-10H2,1H3,(H,16,17). The zero-order chi connectivity index (χ0) is 12.1. The van der Waals surface area contributed by atoms with Gasteiger partial charge in [0.25, 0.3) is 0 Å². The topological polar surface area (TPSA) is 41.1 Å². The number of aryl methyl sites for hydroxylation is 1. The summed E-state index contributed by atoms with van der Waals surface area (Å²) in [5.74, 6) is 0.140. The van der Waals surface area contributed by atoms with E-state index in [-0.39, 0.29) is 11.9 Å². The molecule has 1 unspecified atom stereocenters. The Kier molecular flexibility index (Phi) is 4.15. The largest absolute Gasteiger partial charge is 0.349 e. The second-order valence-electron chi connectivity index (χ2n) is 4.56. The molecule has 3 nitrogen and oxygen atoms in total. The Labute approximate surface area is 103 Å². The number of amides is 1. The minimum atomic E-state index is 0.140. The molecule has 0 radical (unpaired) electrons. The fourth-order valence-corrected chi connectivity index (χ4v) is 2.41. The molecule has 0 heterocycles. The fraction of sp³-hybridized carbons (Fsp3) is 0.500. The minimum Gasteiger partial charge on any atom is -0.349 e. The molecule has 1 aliphatic carbocycles. The fourth-order valence-electron chi connectivity index (χ4n) is 2.41. The monoisotopic (exact) mass is 232 g/mol. The third-order valence-electron chi connectivity index (χ3n) is 3.31. The van der Waals surface area contributed by atoms with E-state index in [2.05, 4.69) is 34.9 Å². The molecule has 0 bridgehead atoms. The lowest BCUT2D eigenvalue weighted by Gasteiger charge is -2.26. The van der Waals surface area contributed by atoms with Crippen LogP contribution in [-0.4, -0.2) is 19.5 Å². The highest BCUT2D eigenvalue weighted by Gasteiger charge is 2.20. The summed E-state index contributed by atoms with van der Waals surface area (Å²) in [7, 11) is 1.86. The molecule has 2 rings (SSSR count). The van der Waals surface area contributed by atoms with E-state index in [4.69, 9.17) is 0 Å². The van der Waals surface area contributed by atoms with Crippen molar-refractivity contribution in [1.82, 2.24) is 10.6 Å². The SMILES string of the molecule is CNCCC(=O)NC1CCCc2ccccc21. The molecule has 0 spiro atoms. The van der Waals surface area contributed by atoms with E-state index in [0.29, 0.717) is 6.42 Å². The van der Waals surface area contributed by atoms with Crippen molar-refractivity contribution in [1.29, 1.82) is 0 Å². The molecule has 1 aromatic carbocycles. The Morgan fingerprint density at radius 2 is 2.24 bits per heavy atom. The van der Waals surface area contributed by atoms with Crippen molar-refractivity contribution in [3.63, 3.8) is 0 Å². The summed E-state index contributed by atoms with van der Waals surface area (Å²) in [5.41, 5.74) is 2.69. The van der Waals surface area contributed by atoms with Gasteiger partial charge < -0.3 is 10.6 Å². The van der Waals surface area contributed by atoms with Crippen LogP contribution in [0, 0.1) is 0 Å². The maximum atomic E-state index is 11.7. The first-order valence-corrected chi connectivity index (χ1v) is 6.33. The van der Waals surface area contributed by atoms with Gasteiger partial charge in [0.2, 0.25) is 5.91 Å².